The molecule has 1 aliphatic heterocycles. The van der Waals surface area contributed by atoms with Gasteiger partial charge in [-0.1, -0.05) is 13.0 Å². The summed E-state index contributed by atoms with van der Waals surface area (Å²) in [6.07, 6.45) is 3.66. The highest BCUT2D eigenvalue weighted by atomic mass is 32.2. The third kappa shape index (κ3) is 2.50. The number of nitrogens with zero attached hydrogens (tertiary/aromatic N) is 2. The molecule has 0 fully saturated rings. The zero-order valence-corrected chi connectivity index (χ0v) is 10.1. The number of hydrogen-bond donors (Lipinski definition) is 1. The summed E-state index contributed by atoms with van der Waals surface area (Å²) in [5, 5.41) is 0. The van der Waals surface area contributed by atoms with Crippen LogP contribution in [0.2, 0.25) is 0 Å². The van der Waals surface area contributed by atoms with Crippen LogP contribution in [0, 0.1) is 0 Å². The lowest BCUT2D eigenvalue weighted by Gasteiger charge is -2.41. The molecule has 5 nitrogen and oxygen atoms in total. The minimum atomic E-state index is -4.08. The minimum Gasteiger partial charge on any atom is -0.348 e. The molecule has 2 unspecified atom stereocenters. The van der Waals surface area contributed by atoms with Gasteiger partial charge in [-0.3, -0.25) is 9.45 Å². The van der Waals surface area contributed by atoms with Gasteiger partial charge in [0.05, 0.1) is 0 Å². The van der Waals surface area contributed by atoms with Crippen molar-refractivity contribution < 1.29 is 13.0 Å². The quantitative estimate of drug-likeness (QED) is 0.729. The first-order chi connectivity index (χ1) is 6.91. The fourth-order valence-corrected chi connectivity index (χ4v) is 3.10. The average molecular weight is 234 g/mol. The third-order valence-electron chi connectivity index (χ3n) is 2.64. The second-order valence-corrected chi connectivity index (χ2v) is 5.04. The summed E-state index contributed by atoms with van der Waals surface area (Å²) in [5.41, 5.74) is -0.951. The van der Waals surface area contributed by atoms with E-state index in [1.807, 2.05) is 26.8 Å². The predicted molar refractivity (Wildman–Crippen MR) is 58.7 cm³/mol. The van der Waals surface area contributed by atoms with Crippen LogP contribution in [0.4, 0.5) is 0 Å². The molecule has 1 aliphatic rings. The van der Waals surface area contributed by atoms with Gasteiger partial charge in [0.25, 0.3) is 0 Å². The summed E-state index contributed by atoms with van der Waals surface area (Å²) in [6.45, 7) is 6.76. The van der Waals surface area contributed by atoms with E-state index < -0.39 is 15.6 Å². The van der Waals surface area contributed by atoms with Gasteiger partial charge in [-0.15, -0.1) is 0 Å². The topological polar surface area (TPSA) is 60.9 Å². The van der Waals surface area contributed by atoms with E-state index in [4.69, 9.17) is 0 Å². The van der Waals surface area contributed by atoms with Crippen molar-refractivity contribution in [2.45, 2.75) is 32.3 Å². The van der Waals surface area contributed by atoms with E-state index in [0.29, 0.717) is 13.1 Å². The molecule has 0 aliphatic carbocycles. The maximum atomic E-state index is 11.3. The highest BCUT2D eigenvalue weighted by Gasteiger charge is 2.37. The summed E-state index contributed by atoms with van der Waals surface area (Å²) in [5.74, 6) is 0. The fourth-order valence-electron chi connectivity index (χ4n) is 1.86. The number of rotatable bonds is 3. The molecular formula is C9H18N2O3S. The van der Waals surface area contributed by atoms with E-state index >= 15 is 0 Å². The molecular weight excluding hydrogens is 216 g/mol. The van der Waals surface area contributed by atoms with Gasteiger partial charge in [-0.05, 0) is 26.6 Å². The van der Waals surface area contributed by atoms with E-state index in [1.165, 1.54) is 0 Å². The standard InChI is InChI=1S/C9H18N2O3S/c1-4-10-7-6-8(3)11(5-2)9(10)15(12,13)14/h6-9H,4-5H2,1-3H3,(H,12,13,14). The van der Waals surface area contributed by atoms with Gasteiger partial charge in [0.2, 0.25) is 5.50 Å². The maximum absolute atomic E-state index is 11.3. The van der Waals surface area contributed by atoms with E-state index in [0.717, 1.165) is 0 Å². The molecule has 1 rings (SSSR count). The van der Waals surface area contributed by atoms with Gasteiger partial charge in [0.15, 0.2) is 0 Å². The number of hydrogen-bond acceptors (Lipinski definition) is 4. The van der Waals surface area contributed by atoms with Crippen LogP contribution in [0.5, 0.6) is 0 Å². The van der Waals surface area contributed by atoms with Crippen molar-refractivity contribution in [2.24, 2.45) is 0 Å². The van der Waals surface area contributed by atoms with Gasteiger partial charge in [-0.2, -0.15) is 8.42 Å². The van der Waals surface area contributed by atoms with Crippen LogP contribution < -0.4 is 0 Å². The summed E-state index contributed by atoms with van der Waals surface area (Å²) < 4.78 is 31.8. The fraction of sp³-hybridized carbons (Fsp3) is 0.778. The molecule has 6 heteroatoms. The van der Waals surface area contributed by atoms with Crippen molar-refractivity contribution in [3.05, 3.63) is 12.3 Å². The molecule has 1 heterocycles. The Morgan fingerprint density at radius 1 is 1.33 bits per heavy atom. The molecule has 0 amide bonds. The van der Waals surface area contributed by atoms with Gasteiger partial charge in [-0.25, -0.2) is 0 Å². The Kier molecular flexibility index (Phi) is 3.75. The lowest BCUT2D eigenvalue weighted by molar-refractivity contribution is 0.100. The minimum absolute atomic E-state index is 0.0183. The highest BCUT2D eigenvalue weighted by molar-refractivity contribution is 7.86. The zero-order valence-electron chi connectivity index (χ0n) is 9.29. The smallest absolute Gasteiger partial charge is 0.300 e. The first-order valence-corrected chi connectivity index (χ1v) is 6.58. The molecule has 0 aromatic carbocycles. The van der Waals surface area contributed by atoms with Gasteiger partial charge in [0, 0.05) is 12.6 Å². The molecule has 0 aromatic rings. The second-order valence-electron chi connectivity index (χ2n) is 3.58. The Morgan fingerprint density at radius 3 is 2.33 bits per heavy atom. The molecule has 0 spiro atoms. The summed E-state index contributed by atoms with van der Waals surface area (Å²) in [4.78, 5) is 3.34. The molecule has 0 bridgehead atoms. The van der Waals surface area contributed by atoms with E-state index in [-0.39, 0.29) is 6.04 Å². The SMILES string of the molecule is CCN1C=CC(C)N(CC)C1S(=O)(=O)O. The second kappa shape index (κ2) is 4.51. The molecule has 0 saturated carbocycles. The monoisotopic (exact) mass is 234 g/mol. The first-order valence-electron chi connectivity index (χ1n) is 5.08. The Bertz CT molecular complexity index is 339. The maximum Gasteiger partial charge on any atom is 0.300 e. The Labute approximate surface area is 91.1 Å². The Hall–Kier alpha value is -0.590. The van der Waals surface area contributed by atoms with E-state index in [2.05, 4.69) is 0 Å². The Balaban J connectivity index is 3.09. The summed E-state index contributed by atoms with van der Waals surface area (Å²) >= 11 is 0. The summed E-state index contributed by atoms with van der Waals surface area (Å²) in [7, 11) is -4.08. The van der Waals surface area contributed by atoms with Crippen LogP contribution in [-0.4, -0.2) is 47.4 Å². The molecule has 15 heavy (non-hydrogen) atoms. The van der Waals surface area contributed by atoms with E-state index in [1.54, 1.807) is 16.0 Å². The van der Waals surface area contributed by atoms with Crippen molar-refractivity contribution in [1.29, 1.82) is 0 Å². The Morgan fingerprint density at radius 2 is 1.93 bits per heavy atom. The molecule has 88 valence electrons. The van der Waals surface area contributed by atoms with Crippen molar-refractivity contribution in [3.63, 3.8) is 0 Å². The molecule has 1 N–H and O–H groups in total. The van der Waals surface area contributed by atoms with Crippen LogP contribution in [0.15, 0.2) is 12.3 Å². The average Bonchev–Trinajstić information content (AvgIpc) is 2.15. The van der Waals surface area contributed by atoms with Gasteiger partial charge >= 0.3 is 10.1 Å². The van der Waals surface area contributed by atoms with Crippen LogP contribution in [0.25, 0.3) is 0 Å². The van der Waals surface area contributed by atoms with E-state index in [9.17, 15) is 13.0 Å². The lowest BCUT2D eigenvalue weighted by atomic mass is 10.2. The zero-order chi connectivity index (χ0) is 11.6. The van der Waals surface area contributed by atoms with Crippen molar-refractivity contribution >= 4 is 10.1 Å². The van der Waals surface area contributed by atoms with Crippen LogP contribution in [0.1, 0.15) is 20.8 Å². The van der Waals surface area contributed by atoms with Crippen LogP contribution in [0.3, 0.4) is 0 Å². The lowest BCUT2D eigenvalue weighted by Crippen LogP contribution is -2.56. The summed E-state index contributed by atoms with van der Waals surface area (Å²) in [6, 6.07) is 0.0183. The van der Waals surface area contributed by atoms with Crippen molar-refractivity contribution in [3.8, 4) is 0 Å². The largest absolute Gasteiger partial charge is 0.348 e. The van der Waals surface area contributed by atoms with Gasteiger partial charge < -0.3 is 4.90 Å². The van der Waals surface area contributed by atoms with Crippen molar-refractivity contribution in [2.75, 3.05) is 13.1 Å². The molecule has 0 radical (unpaired) electrons. The third-order valence-corrected chi connectivity index (χ3v) is 3.72. The first kappa shape index (κ1) is 12.5. The molecule has 2 atom stereocenters. The van der Waals surface area contributed by atoms with Crippen LogP contribution in [-0.2, 0) is 10.1 Å². The normalized spacial score (nSPS) is 28.4. The molecule has 0 aromatic heterocycles. The van der Waals surface area contributed by atoms with Crippen molar-refractivity contribution in [1.82, 2.24) is 9.80 Å². The van der Waals surface area contributed by atoms with Gasteiger partial charge in [0.1, 0.15) is 0 Å². The molecule has 0 saturated heterocycles. The van der Waals surface area contributed by atoms with Crippen LogP contribution >= 0.6 is 0 Å². The highest BCUT2D eigenvalue weighted by Crippen LogP contribution is 2.20. The number of likely N-dealkylation sites (N-methyl/N-ethyl adjacent to an activating group) is 1. The predicted octanol–water partition coefficient (Wildman–Crippen LogP) is 0.717.